The van der Waals surface area contributed by atoms with Crippen molar-refractivity contribution in [1.82, 2.24) is 15.6 Å². The second-order valence-corrected chi connectivity index (χ2v) is 4.88. The number of nitrogens with one attached hydrogen (secondary N) is 2. The number of amides is 2. The summed E-state index contributed by atoms with van der Waals surface area (Å²) in [7, 11) is 1.87. The molecule has 0 aliphatic carbocycles. The zero-order chi connectivity index (χ0) is 14.3. The Morgan fingerprint density at radius 2 is 2.16 bits per heavy atom. The quantitative estimate of drug-likeness (QED) is 0.313. The molecule has 110 valence electrons. The Kier molecular flexibility index (Phi) is 6.75. The van der Waals surface area contributed by atoms with E-state index in [9.17, 15) is 9.59 Å². The van der Waals surface area contributed by atoms with E-state index >= 15 is 0 Å². The Balaban J connectivity index is 2.24. The molecule has 1 heterocycles. The van der Waals surface area contributed by atoms with Crippen LogP contribution in [0.2, 0.25) is 0 Å². The van der Waals surface area contributed by atoms with E-state index in [2.05, 4.69) is 10.7 Å². The van der Waals surface area contributed by atoms with Crippen LogP contribution in [0.3, 0.4) is 0 Å². The monoisotopic (exact) mass is 272 g/mol. The minimum Gasteiger partial charge on any atom is -0.364 e. The smallest absolute Gasteiger partial charge is 0.263 e. The zero-order valence-electron chi connectivity index (χ0n) is 11.6. The number of nitrogens with two attached hydrogens (primary N) is 1. The lowest BCUT2D eigenvalue weighted by molar-refractivity contribution is -0.132. The lowest BCUT2D eigenvalue weighted by Crippen LogP contribution is -2.41. The molecule has 2 unspecified atom stereocenters. The standard InChI is InChI=1S/C12H24N4O3/c1-3-6-14-11(17)8-16(2)7-9-4-5-10(19-9)12(18)15-13/h9-10H,3-8,13H2,1-2H3,(H,14,17)(H,15,18). The molecule has 2 amide bonds. The fraction of sp³-hybridized carbons (Fsp3) is 0.833. The molecular formula is C12H24N4O3. The van der Waals surface area contributed by atoms with Crippen molar-refractivity contribution in [3.63, 3.8) is 0 Å². The normalized spacial score (nSPS) is 22.5. The number of rotatable bonds is 7. The number of carbonyl (C=O) groups is 2. The molecule has 19 heavy (non-hydrogen) atoms. The molecule has 0 radical (unpaired) electrons. The predicted molar refractivity (Wildman–Crippen MR) is 71.0 cm³/mol. The van der Waals surface area contributed by atoms with Crippen LogP contribution in [0, 0.1) is 0 Å². The highest BCUT2D eigenvalue weighted by Gasteiger charge is 2.30. The average molecular weight is 272 g/mol. The van der Waals surface area contributed by atoms with Gasteiger partial charge in [0.05, 0.1) is 12.6 Å². The van der Waals surface area contributed by atoms with E-state index in [1.165, 1.54) is 0 Å². The van der Waals surface area contributed by atoms with Gasteiger partial charge in [-0.05, 0) is 26.3 Å². The van der Waals surface area contributed by atoms with Crippen LogP contribution in [-0.2, 0) is 14.3 Å². The summed E-state index contributed by atoms with van der Waals surface area (Å²) in [5.74, 6) is 4.79. The lowest BCUT2D eigenvalue weighted by atomic mass is 10.2. The molecular weight excluding hydrogens is 248 g/mol. The third-order valence-corrected chi connectivity index (χ3v) is 3.04. The number of hydrogen-bond acceptors (Lipinski definition) is 5. The molecule has 0 saturated carbocycles. The number of nitrogens with zero attached hydrogens (tertiary/aromatic N) is 1. The molecule has 1 fully saturated rings. The van der Waals surface area contributed by atoms with Crippen LogP contribution in [0.25, 0.3) is 0 Å². The summed E-state index contributed by atoms with van der Waals surface area (Å²) in [4.78, 5) is 24.7. The van der Waals surface area contributed by atoms with E-state index in [1.807, 2.05) is 18.9 Å². The Morgan fingerprint density at radius 3 is 2.79 bits per heavy atom. The van der Waals surface area contributed by atoms with Gasteiger partial charge in [0.25, 0.3) is 5.91 Å². The van der Waals surface area contributed by atoms with Gasteiger partial charge in [-0.3, -0.25) is 19.9 Å². The topological polar surface area (TPSA) is 96.7 Å². The molecule has 0 spiro atoms. The van der Waals surface area contributed by atoms with Gasteiger partial charge in [-0.15, -0.1) is 0 Å². The van der Waals surface area contributed by atoms with Gasteiger partial charge >= 0.3 is 0 Å². The average Bonchev–Trinajstić information content (AvgIpc) is 2.83. The molecule has 7 nitrogen and oxygen atoms in total. The maximum atomic E-state index is 11.5. The minimum atomic E-state index is -0.461. The summed E-state index contributed by atoms with van der Waals surface area (Å²) >= 11 is 0. The molecule has 0 bridgehead atoms. The van der Waals surface area contributed by atoms with Crippen molar-refractivity contribution in [3.05, 3.63) is 0 Å². The highest BCUT2D eigenvalue weighted by molar-refractivity contribution is 5.80. The first kappa shape index (κ1) is 15.9. The number of ether oxygens (including phenoxy) is 1. The summed E-state index contributed by atoms with van der Waals surface area (Å²) in [5.41, 5.74) is 2.09. The maximum absolute atomic E-state index is 11.5. The van der Waals surface area contributed by atoms with E-state index in [-0.39, 0.29) is 17.9 Å². The van der Waals surface area contributed by atoms with Crippen LogP contribution in [0.4, 0.5) is 0 Å². The Labute approximate surface area is 113 Å². The van der Waals surface area contributed by atoms with Crippen molar-refractivity contribution < 1.29 is 14.3 Å². The largest absolute Gasteiger partial charge is 0.364 e. The molecule has 2 atom stereocenters. The number of carbonyl (C=O) groups excluding carboxylic acids is 2. The molecule has 0 aromatic rings. The fourth-order valence-electron chi connectivity index (χ4n) is 2.10. The van der Waals surface area contributed by atoms with Crippen LogP contribution in [-0.4, -0.2) is 55.6 Å². The third-order valence-electron chi connectivity index (χ3n) is 3.04. The number of hydrogen-bond donors (Lipinski definition) is 3. The van der Waals surface area contributed by atoms with Crippen molar-refractivity contribution >= 4 is 11.8 Å². The molecule has 1 aliphatic rings. The van der Waals surface area contributed by atoms with Crippen molar-refractivity contribution in [2.75, 3.05) is 26.7 Å². The van der Waals surface area contributed by atoms with Crippen molar-refractivity contribution in [2.45, 2.75) is 38.4 Å². The number of likely N-dealkylation sites (N-methyl/N-ethyl adjacent to an activating group) is 1. The van der Waals surface area contributed by atoms with E-state index in [4.69, 9.17) is 10.6 Å². The molecule has 7 heteroatoms. The van der Waals surface area contributed by atoms with Crippen molar-refractivity contribution in [1.29, 1.82) is 0 Å². The highest BCUT2D eigenvalue weighted by Crippen LogP contribution is 2.20. The first-order valence-corrected chi connectivity index (χ1v) is 6.68. The summed E-state index contributed by atoms with van der Waals surface area (Å²) in [6.45, 7) is 3.69. The van der Waals surface area contributed by atoms with E-state index in [1.54, 1.807) is 0 Å². The van der Waals surface area contributed by atoms with E-state index < -0.39 is 6.10 Å². The summed E-state index contributed by atoms with van der Waals surface area (Å²) in [6, 6.07) is 0. The van der Waals surface area contributed by atoms with Crippen molar-refractivity contribution in [3.8, 4) is 0 Å². The van der Waals surface area contributed by atoms with Gasteiger partial charge in [-0.25, -0.2) is 5.84 Å². The van der Waals surface area contributed by atoms with Crippen LogP contribution in [0.1, 0.15) is 26.2 Å². The SMILES string of the molecule is CCCNC(=O)CN(C)CC1CCC(C(=O)NN)O1. The summed E-state index contributed by atoms with van der Waals surface area (Å²) in [6.07, 6.45) is 1.92. The molecule has 1 aliphatic heterocycles. The second-order valence-electron chi connectivity index (χ2n) is 4.88. The van der Waals surface area contributed by atoms with Gasteiger partial charge < -0.3 is 10.1 Å². The van der Waals surface area contributed by atoms with Crippen LogP contribution in [0.15, 0.2) is 0 Å². The molecule has 1 rings (SSSR count). The molecule has 4 N–H and O–H groups in total. The lowest BCUT2D eigenvalue weighted by Gasteiger charge is -2.20. The predicted octanol–water partition coefficient (Wildman–Crippen LogP) is -1.02. The third kappa shape index (κ3) is 5.54. The van der Waals surface area contributed by atoms with Crippen LogP contribution in [0.5, 0.6) is 0 Å². The second kappa shape index (κ2) is 8.08. The first-order valence-electron chi connectivity index (χ1n) is 6.68. The Morgan fingerprint density at radius 1 is 1.42 bits per heavy atom. The van der Waals surface area contributed by atoms with Gasteiger partial charge in [0.15, 0.2) is 0 Å². The molecule has 0 aromatic carbocycles. The van der Waals surface area contributed by atoms with E-state index in [0.29, 0.717) is 26.1 Å². The van der Waals surface area contributed by atoms with Gasteiger partial charge in [0, 0.05) is 13.1 Å². The highest BCUT2D eigenvalue weighted by atomic mass is 16.5. The van der Waals surface area contributed by atoms with Gasteiger partial charge in [0.2, 0.25) is 5.91 Å². The van der Waals surface area contributed by atoms with Gasteiger partial charge in [0.1, 0.15) is 6.10 Å². The van der Waals surface area contributed by atoms with Gasteiger partial charge in [-0.1, -0.05) is 6.92 Å². The fourth-order valence-corrected chi connectivity index (χ4v) is 2.10. The minimum absolute atomic E-state index is 0.0126. The molecule has 1 saturated heterocycles. The summed E-state index contributed by atoms with van der Waals surface area (Å²) in [5, 5.41) is 2.82. The first-order chi connectivity index (χ1) is 9.06. The van der Waals surface area contributed by atoms with Crippen molar-refractivity contribution in [2.24, 2.45) is 5.84 Å². The summed E-state index contributed by atoms with van der Waals surface area (Å²) < 4.78 is 5.58. The van der Waals surface area contributed by atoms with E-state index in [0.717, 1.165) is 12.8 Å². The van der Waals surface area contributed by atoms with Gasteiger partial charge in [-0.2, -0.15) is 0 Å². The maximum Gasteiger partial charge on any atom is 0.263 e. The number of hydrazine groups is 1. The van der Waals surface area contributed by atoms with Crippen LogP contribution < -0.4 is 16.6 Å². The van der Waals surface area contributed by atoms with Crippen LogP contribution >= 0.6 is 0 Å². The molecule has 0 aromatic heterocycles. The Bertz CT molecular complexity index is 311. The Hall–Kier alpha value is -1.18. The zero-order valence-corrected chi connectivity index (χ0v) is 11.6.